The molecule has 3 nitrogen and oxygen atoms in total. The van der Waals surface area contributed by atoms with Crippen molar-refractivity contribution in [1.82, 2.24) is 15.1 Å². The van der Waals surface area contributed by atoms with E-state index >= 15 is 0 Å². The van der Waals surface area contributed by atoms with E-state index in [1.165, 1.54) is 20.5 Å². The number of aromatic nitrogens is 2. The average molecular weight is 299 g/mol. The summed E-state index contributed by atoms with van der Waals surface area (Å²) in [7, 11) is 0. The van der Waals surface area contributed by atoms with Crippen molar-refractivity contribution < 1.29 is 0 Å². The van der Waals surface area contributed by atoms with Gasteiger partial charge < -0.3 is 5.32 Å². The molecule has 2 aromatic heterocycles. The largest absolute Gasteiger partial charge is 0.312 e. The van der Waals surface area contributed by atoms with Gasteiger partial charge >= 0.3 is 0 Å². The number of rotatable bonds is 6. The summed E-state index contributed by atoms with van der Waals surface area (Å²) in [5.41, 5.74) is 1.40. The maximum atomic E-state index is 4.35. The highest BCUT2D eigenvalue weighted by atomic mass is 32.1. The van der Waals surface area contributed by atoms with E-state index in [2.05, 4.69) is 48.5 Å². The molecule has 110 valence electrons. The molecule has 0 bridgehead atoms. The first-order valence-electron chi connectivity index (χ1n) is 7.41. The van der Waals surface area contributed by atoms with Crippen molar-refractivity contribution in [1.29, 1.82) is 0 Å². The molecule has 3 rings (SSSR count). The highest BCUT2D eigenvalue weighted by Crippen LogP contribution is 2.31. The number of fused-ring (bicyclic) bond motifs is 1. The van der Waals surface area contributed by atoms with E-state index < -0.39 is 0 Å². The van der Waals surface area contributed by atoms with Gasteiger partial charge in [-0.2, -0.15) is 5.10 Å². The predicted octanol–water partition coefficient (Wildman–Crippen LogP) is 3.89. The Morgan fingerprint density at radius 2 is 2.10 bits per heavy atom. The van der Waals surface area contributed by atoms with Crippen molar-refractivity contribution in [3.05, 3.63) is 53.2 Å². The van der Waals surface area contributed by atoms with Gasteiger partial charge in [0.05, 0.1) is 6.54 Å². The van der Waals surface area contributed by atoms with Gasteiger partial charge in [0, 0.05) is 28.5 Å². The van der Waals surface area contributed by atoms with Crippen molar-refractivity contribution in [2.75, 3.05) is 6.54 Å². The van der Waals surface area contributed by atoms with Crippen LogP contribution >= 0.6 is 11.3 Å². The second-order valence-corrected chi connectivity index (χ2v) is 6.87. The highest BCUT2D eigenvalue weighted by molar-refractivity contribution is 7.19. The Bertz CT molecular complexity index is 698. The van der Waals surface area contributed by atoms with Crippen LogP contribution < -0.4 is 5.32 Å². The van der Waals surface area contributed by atoms with Crippen LogP contribution in [0.15, 0.2) is 42.7 Å². The summed E-state index contributed by atoms with van der Waals surface area (Å²) in [6, 6.07) is 10.6. The molecule has 0 spiro atoms. The fourth-order valence-corrected chi connectivity index (χ4v) is 3.68. The molecule has 1 aromatic carbocycles. The van der Waals surface area contributed by atoms with Gasteiger partial charge in [-0.25, -0.2) is 0 Å². The van der Waals surface area contributed by atoms with Crippen LogP contribution in [0.25, 0.3) is 10.1 Å². The highest BCUT2D eigenvalue weighted by Gasteiger charge is 2.12. The van der Waals surface area contributed by atoms with Gasteiger partial charge in [-0.3, -0.25) is 4.68 Å². The summed E-state index contributed by atoms with van der Waals surface area (Å²) in [5.74, 6) is 0.675. The number of benzene rings is 1. The van der Waals surface area contributed by atoms with Crippen molar-refractivity contribution in [3.63, 3.8) is 0 Å². The zero-order valence-corrected chi connectivity index (χ0v) is 13.4. The van der Waals surface area contributed by atoms with Crippen LogP contribution in [0.4, 0.5) is 0 Å². The molecule has 0 atom stereocenters. The fraction of sp³-hybridized carbons (Fsp3) is 0.353. The van der Waals surface area contributed by atoms with Gasteiger partial charge in [0.1, 0.15) is 0 Å². The molecule has 0 saturated carbocycles. The van der Waals surface area contributed by atoms with Gasteiger partial charge in [0.25, 0.3) is 0 Å². The maximum absolute atomic E-state index is 4.35. The van der Waals surface area contributed by atoms with E-state index in [9.17, 15) is 0 Å². The van der Waals surface area contributed by atoms with Crippen molar-refractivity contribution >= 4 is 21.4 Å². The summed E-state index contributed by atoms with van der Waals surface area (Å²) < 4.78 is 3.36. The Morgan fingerprint density at radius 3 is 2.86 bits per heavy atom. The molecule has 2 heterocycles. The monoisotopic (exact) mass is 299 g/mol. The summed E-state index contributed by atoms with van der Waals surface area (Å²) >= 11 is 1.89. The SMILES string of the molecule is CC(C)CNCc1sc2ccccc2c1Cn1cccn1. The molecule has 3 aromatic rings. The van der Waals surface area contributed by atoms with E-state index in [-0.39, 0.29) is 0 Å². The molecule has 1 N–H and O–H groups in total. The molecule has 0 aliphatic carbocycles. The van der Waals surface area contributed by atoms with E-state index in [0.29, 0.717) is 5.92 Å². The molecular weight excluding hydrogens is 278 g/mol. The third kappa shape index (κ3) is 3.34. The van der Waals surface area contributed by atoms with Gasteiger partial charge in [-0.05, 0) is 35.5 Å². The molecule has 0 fully saturated rings. The van der Waals surface area contributed by atoms with Gasteiger partial charge in [0.2, 0.25) is 0 Å². The zero-order valence-electron chi connectivity index (χ0n) is 12.5. The first kappa shape index (κ1) is 14.3. The fourth-order valence-electron chi connectivity index (χ4n) is 2.50. The molecule has 0 amide bonds. The normalized spacial score (nSPS) is 11.6. The molecular formula is C17H21N3S. The average Bonchev–Trinajstić information content (AvgIpc) is 3.08. The van der Waals surface area contributed by atoms with Crippen LogP contribution in [0.2, 0.25) is 0 Å². The molecule has 0 saturated heterocycles. The molecule has 0 radical (unpaired) electrons. The summed E-state index contributed by atoms with van der Waals surface area (Å²) in [6.07, 6.45) is 3.86. The Kier molecular flexibility index (Phi) is 4.36. The Morgan fingerprint density at radius 1 is 1.24 bits per heavy atom. The minimum absolute atomic E-state index is 0.675. The Labute approximate surface area is 129 Å². The first-order valence-corrected chi connectivity index (χ1v) is 8.23. The van der Waals surface area contributed by atoms with Crippen molar-refractivity contribution in [2.45, 2.75) is 26.9 Å². The zero-order chi connectivity index (χ0) is 14.7. The summed E-state index contributed by atoms with van der Waals surface area (Å²) in [6.45, 7) is 7.31. The first-order chi connectivity index (χ1) is 10.2. The van der Waals surface area contributed by atoms with Crippen LogP contribution in [0.1, 0.15) is 24.3 Å². The number of hydrogen-bond donors (Lipinski definition) is 1. The lowest BCUT2D eigenvalue weighted by atomic mass is 10.1. The topological polar surface area (TPSA) is 29.9 Å². The Hall–Kier alpha value is -1.65. The molecule has 0 aliphatic heterocycles. The van der Waals surface area contributed by atoms with E-state index in [1.54, 1.807) is 0 Å². The van der Waals surface area contributed by atoms with E-state index in [1.807, 2.05) is 34.5 Å². The standard InChI is InChI=1S/C17H21N3S/c1-13(2)10-18-11-17-15(12-20-9-5-8-19-20)14-6-3-4-7-16(14)21-17/h3-9,13,18H,10-12H2,1-2H3. The molecule has 21 heavy (non-hydrogen) atoms. The van der Waals surface area contributed by atoms with Gasteiger partial charge in [-0.15, -0.1) is 11.3 Å². The lowest BCUT2D eigenvalue weighted by Gasteiger charge is -2.09. The van der Waals surface area contributed by atoms with Gasteiger partial charge in [0.15, 0.2) is 0 Å². The van der Waals surface area contributed by atoms with Crippen LogP contribution in [-0.4, -0.2) is 16.3 Å². The van der Waals surface area contributed by atoms with Gasteiger partial charge in [-0.1, -0.05) is 32.0 Å². The number of hydrogen-bond acceptors (Lipinski definition) is 3. The predicted molar refractivity (Wildman–Crippen MR) is 89.7 cm³/mol. The second-order valence-electron chi connectivity index (χ2n) is 5.73. The summed E-state index contributed by atoms with van der Waals surface area (Å²) in [4.78, 5) is 1.42. The molecule has 4 heteroatoms. The maximum Gasteiger partial charge on any atom is 0.0676 e. The van der Waals surface area contributed by atoms with Crippen molar-refractivity contribution in [3.8, 4) is 0 Å². The summed E-state index contributed by atoms with van der Waals surface area (Å²) in [5, 5.41) is 9.27. The number of nitrogens with one attached hydrogen (secondary N) is 1. The van der Waals surface area contributed by atoms with Crippen LogP contribution in [-0.2, 0) is 13.1 Å². The number of thiophene rings is 1. The van der Waals surface area contributed by atoms with E-state index in [4.69, 9.17) is 0 Å². The molecule has 0 aliphatic rings. The number of nitrogens with zero attached hydrogens (tertiary/aromatic N) is 2. The minimum atomic E-state index is 0.675. The quantitative estimate of drug-likeness (QED) is 0.748. The third-order valence-electron chi connectivity index (χ3n) is 3.50. The van der Waals surface area contributed by atoms with Crippen LogP contribution in [0.3, 0.4) is 0 Å². The minimum Gasteiger partial charge on any atom is -0.312 e. The van der Waals surface area contributed by atoms with Crippen LogP contribution in [0.5, 0.6) is 0 Å². The second kappa shape index (κ2) is 6.41. The van der Waals surface area contributed by atoms with Crippen LogP contribution in [0, 0.1) is 5.92 Å². The lowest BCUT2D eigenvalue weighted by molar-refractivity contribution is 0.552. The smallest absolute Gasteiger partial charge is 0.0676 e. The van der Waals surface area contributed by atoms with E-state index in [0.717, 1.165) is 19.6 Å². The molecule has 0 unspecified atom stereocenters. The van der Waals surface area contributed by atoms with Crippen molar-refractivity contribution in [2.24, 2.45) is 5.92 Å². The Balaban J connectivity index is 1.90. The third-order valence-corrected chi connectivity index (χ3v) is 4.71. The lowest BCUT2D eigenvalue weighted by Crippen LogP contribution is -2.19.